The summed E-state index contributed by atoms with van der Waals surface area (Å²) in [6.45, 7) is 5.84. The Labute approximate surface area is 139 Å². The van der Waals surface area contributed by atoms with Gasteiger partial charge in [-0.3, -0.25) is 4.79 Å². The van der Waals surface area contributed by atoms with E-state index in [2.05, 4.69) is 15.4 Å². The summed E-state index contributed by atoms with van der Waals surface area (Å²) in [6.07, 6.45) is 3.30. The van der Waals surface area contributed by atoms with Crippen molar-refractivity contribution in [2.75, 3.05) is 0 Å². The third-order valence-corrected chi connectivity index (χ3v) is 4.73. The van der Waals surface area contributed by atoms with E-state index in [1.165, 1.54) is 0 Å². The van der Waals surface area contributed by atoms with Crippen molar-refractivity contribution in [1.29, 1.82) is 0 Å². The molecule has 1 amide bonds. The van der Waals surface area contributed by atoms with Crippen LogP contribution < -0.4 is 5.32 Å². The molecule has 6 heteroatoms. The number of rotatable bonds is 4. The third kappa shape index (κ3) is 3.32. The van der Waals surface area contributed by atoms with E-state index in [1.54, 1.807) is 28.4 Å². The number of aryl methyl sites for hydroxylation is 1. The number of thiazole rings is 1. The van der Waals surface area contributed by atoms with Gasteiger partial charge in [-0.1, -0.05) is 18.2 Å². The van der Waals surface area contributed by atoms with E-state index in [4.69, 9.17) is 0 Å². The molecule has 2 heterocycles. The molecule has 0 saturated carbocycles. The maximum Gasteiger partial charge on any atom is 0.255 e. The van der Waals surface area contributed by atoms with Gasteiger partial charge in [-0.2, -0.15) is 5.10 Å². The Balaban J connectivity index is 1.78. The number of nitrogens with one attached hydrogen (secondary N) is 1. The molecule has 0 fully saturated rings. The summed E-state index contributed by atoms with van der Waals surface area (Å²) in [4.78, 5) is 17.0. The Morgan fingerprint density at radius 3 is 2.65 bits per heavy atom. The Morgan fingerprint density at radius 2 is 2.00 bits per heavy atom. The van der Waals surface area contributed by atoms with E-state index >= 15 is 0 Å². The van der Waals surface area contributed by atoms with Gasteiger partial charge >= 0.3 is 0 Å². The quantitative estimate of drug-likeness (QED) is 0.800. The fourth-order valence-corrected chi connectivity index (χ4v) is 3.09. The number of benzene rings is 1. The molecule has 0 spiro atoms. The summed E-state index contributed by atoms with van der Waals surface area (Å²) in [5.74, 6) is -0.162. The summed E-state index contributed by atoms with van der Waals surface area (Å²) >= 11 is 1.55. The molecule has 0 radical (unpaired) electrons. The van der Waals surface area contributed by atoms with Crippen LogP contribution in [0.15, 0.2) is 48.1 Å². The zero-order chi connectivity index (χ0) is 16.4. The molecule has 0 atom stereocenters. The number of hydrogen-bond donors (Lipinski definition) is 1. The van der Waals surface area contributed by atoms with Crippen LogP contribution in [0.1, 0.15) is 34.9 Å². The average Bonchev–Trinajstić information content (AvgIpc) is 3.17. The maximum atomic E-state index is 12.5. The summed E-state index contributed by atoms with van der Waals surface area (Å²) in [7, 11) is 0. The van der Waals surface area contributed by atoms with Gasteiger partial charge in [0, 0.05) is 17.3 Å². The minimum absolute atomic E-state index is 0.162. The molecule has 0 bridgehead atoms. The van der Waals surface area contributed by atoms with Crippen molar-refractivity contribution in [1.82, 2.24) is 20.1 Å². The van der Waals surface area contributed by atoms with Crippen LogP contribution in [0.25, 0.3) is 5.69 Å². The second kappa shape index (κ2) is 5.96. The van der Waals surface area contributed by atoms with Gasteiger partial charge in [0.15, 0.2) is 0 Å². The second-order valence-electron chi connectivity index (χ2n) is 5.88. The zero-order valence-corrected chi connectivity index (χ0v) is 14.1. The van der Waals surface area contributed by atoms with E-state index in [0.717, 1.165) is 16.4 Å². The summed E-state index contributed by atoms with van der Waals surface area (Å²) in [6, 6.07) is 9.70. The lowest BCUT2D eigenvalue weighted by Crippen LogP contribution is -2.40. The van der Waals surface area contributed by atoms with Gasteiger partial charge in [0.2, 0.25) is 0 Å². The van der Waals surface area contributed by atoms with Gasteiger partial charge < -0.3 is 5.32 Å². The maximum absolute atomic E-state index is 12.5. The molecule has 0 saturated heterocycles. The van der Waals surface area contributed by atoms with Gasteiger partial charge in [-0.05, 0) is 32.9 Å². The van der Waals surface area contributed by atoms with Crippen molar-refractivity contribution in [3.05, 3.63) is 64.4 Å². The summed E-state index contributed by atoms with van der Waals surface area (Å²) in [5.41, 5.74) is 1.88. The number of aromatic nitrogens is 3. The molecule has 1 N–H and O–H groups in total. The van der Waals surface area contributed by atoms with Crippen LogP contribution in [-0.4, -0.2) is 20.7 Å². The molecule has 3 rings (SSSR count). The molecular weight excluding hydrogens is 308 g/mol. The van der Waals surface area contributed by atoms with Gasteiger partial charge in [-0.25, -0.2) is 9.67 Å². The molecular formula is C17H18N4OS. The van der Waals surface area contributed by atoms with Crippen molar-refractivity contribution in [2.24, 2.45) is 0 Å². The highest BCUT2D eigenvalue weighted by Gasteiger charge is 2.27. The first-order valence-electron chi connectivity index (χ1n) is 7.31. The first kappa shape index (κ1) is 15.4. The van der Waals surface area contributed by atoms with Gasteiger partial charge in [-0.15, -0.1) is 11.3 Å². The Kier molecular flexibility index (Phi) is 4.00. The lowest BCUT2D eigenvalue weighted by atomic mass is 10.1. The summed E-state index contributed by atoms with van der Waals surface area (Å²) in [5, 5.41) is 10.2. The van der Waals surface area contributed by atoms with Crippen LogP contribution in [0, 0.1) is 6.92 Å². The monoisotopic (exact) mass is 326 g/mol. The second-order valence-corrected chi connectivity index (χ2v) is 6.74. The molecule has 23 heavy (non-hydrogen) atoms. The predicted octanol–water partition coefficient (Wildman–Crippen LogP) is 3.30. The van der Waals surface area contributed by atoms with Crippen molar-refractivity contribution in [3.63, 3.8) is 0 Å². The molecule has 0 aliphatic heterocycles. The van der Waals surface area contributed by atoms with E-state index in [0.29, 0.717) is 5.56 Å². The topological polar surface area (TPSA) is 59.8 Å². The van der Waals surface area contributed by atoms with Crippen LogP contribution >= 0.6 is 11.3 Å². The highest BCUT2D eigenvalue weighted by Crippen LogP contribution is 2.24. The Hall–Kier alpha value is -2.47. The fourth-order valence-electron chi connectivity index (χ4n) is 2.21. The molecule has 0 aliphatic carbocycles. The Morgan fingerprint density at radius 1 is 1.26 bits per heavy atom. The first-order valence-corrected chi connectivity index (χ1v) is 8.19. The fraction of sp³-hybridized carbons (Fsp3) is 0.235. The Bertz CT molecular complexity index is 820. The first-order chi connectivity index (χ1) is 11.0. The lowest BCUT2D eigenvalue weighted by molar-refractivity contribution is 0.0912. The van der Waals surface area contributed by atoms with Crippen molar-refractivity contribution in [2.45, 2.75) is 26.3 Å². The van der Waals surface area contributed by atoms with Crippen molar-refractivity contribution >= 4 is 17.2 Å². The van der Waals surface area contributed by atoms with Crippen LogP contribution in [0.2, 0.25) is 0 Å². The minimum atomic E-state index is -0.523. The van der Waals surface area contributed by atoms with Crippen LogP contribution in [0.5, 0.6) is 0 Å². The lowest BCUT2D eigenvalue weighted by Gasteiger charge is -2.23. The number of nitrogens with zero attached hydrogens (tertiary/aromatic N) is 3. The molecule has 0 unspecified atom stereocenters. The standard InChI is InChI=1S/C17H18N4OS/c1-12-11-23-16(19-12)17(2,3)20-15(22)13-9-18-21(10-13)14-7-5-4-6-8-14/h4-11H,1-3H3,(H,20,22). The van der Waals surface area contributed by atoms with Gasteiger partial charge in [0.05, 0.1) is 23.0 Å². The zero-order valence-electron chi connectivity index (χ0n) is 13.3. The molecule has 5 nitrogen and oxygen atoms in total. The van der Waals surface area contributed by atoms with E-state index in [9.17, 15) is 4.79 Å². The number of para-hydroxylation sites is 1. The van der Waals surface area contributed by atoms with Crippen molar-refractivity contribution in [3.8, 4) is 5.69 Å². The van der Waals surface area contributed by atoms with Crippen LogP contribution in [0.3, 0.4) is 0 Å². The smallest absolute Gasteiger partial charge is 0.255 e. The van der Waals surface area contributed by atoms with E-state index < -0.39 is 5.54 Å². The molecule has 118 valence electrons. The van der Waals surface area contributed by atoms with E-state index in [1.807, 2.05) is 56.5 Å². The van der Waals surface area contributed by atoms with Gasteiger partial charge in [0.25, 0.3) is 5.91 Å². The average molecular weight is 326 g/mol. The normalized spacial score (nSPS) is 11.4. The molecule has 2 aromatic heterocycles. The van der Waals surface area contributed by atoms with Gasteiger partial charge in [0.1, 0.15) is 5.01 Å². The largest absolute Gasteiger partial charge is 0.341 e. The van der Waals surface area contributed by atoms with Crippen LogP contribution in [0.4, 0.5) is 0 Å². The summed E-state index contributed by atoms with van der Waals surface area (Å²) < 4.78 is 1.69. The van der Waals surface area contributed by atoms with Crippen LogP contribution in [-0.2, 0) is 5.54 Å². The number of amides is 1. The number of hydrogen-bond acceptors (Lipinski definition) is 4. The number of carbonyl (C=O) groups is 1. The third-order valence-electron chi connectivity index (χ3n) is 3.45. The van der Waals surface area contributed by atoms with Crippen molar-refractivity contribution < 1.29 is 4.79 Å². The van der Waals surface area contributed by atoms with E-state index in [-0.39, 0.29) is 5.91 Å². The highest BCUT2D eigenvalue weighted by molar-refractivity contribution is 7.09. The predicted molar refractivity (Wildman–Crippen MR) is 90.9 cm³/mol. The molecule has 3 aromatic rings. The SMILES string of the molecule is Cc1csc(C(C)(C)NC(=O)c2cnn(-c3ccccc3)c2)n1. The highest BCUT2D eigenvalue weighted by atomic mass is 32.1. The minimum Gasteiger partial charge on any atom is -0.341 e. The number of carbonyl (C=O) groups excluding carboxylic acids is 1. The molecule has 1 aromatic carbocycles. The molecule has 0 aliphatic rings.